The van der Waals surface area contributed by atoms with Crippen LogP contribution < -0.4 is 0 Å². The number of esters is 1. The van der Waals surface area contributed by atoms with Gasteiger partial charge in [0.1, 0.15) is 0 Å². The minimum atomic E-state index is -0.156. The minimum Gasteiger partial charge on any atom is -0.469 e. The maximum Gasteiger partial charge on any atom is 0.305 e. The van der Waals surface area contributed by atoms with Crippen molar-refractivity contribution in [1.82, 2.24) is 0 Å². The molecule has 0 amide bonds. The zero-order chi connectivity index (χ0) is 18.5. The number of thiophene rings is 1. The second kappa shape index (κ2) is 13.1. The molecule has 0 unspecified atom stereocenters. The molecule has 0 saturated heterocycles. The lowest BCUT2D eigenvalue weighted by atomic mass is 10.0. The molecular weight excluding hydrogens is 336 g/mol. The Hall–Kier alpha value is -1.20. The largest absolute Gasteiger partial charge is 0.469 e. The number of aryl methyl sites for hydroxylation is 1. The van der Waals surface area contributed by atoms with Gasteiger partial charge in [0.15, 0.2) is 5.78 Å². The van der Waals surface area contributed by atoms with Gasteiger partial charge in [-0.2, -0.15) is 0 Å². The number of carbonyl (C=O) groups is 2. The van der Waals surface area contributed by atoms with E-state index in [2.05, 4.69) is 6.92 Å². The van der Waals surface area contributed by atoms with Gasteiger partial charge in [-0.05, 0) is 43.7 Å². The molecular formula is C20H32O4S. The predicted molar refractivity (Wildman–Crippen MR) is 102 cm³/mol. The van der Waals surface area contributed by atoms with E-state index in [-0.39, 0.29) is 11.8 Å². The third-order valence-electron chi connectivity index (χ3n) is 4.32. The van der Waals surface area contributed by atoms with Gasteiger partial charge in [0.25, 0.3) is 0 Å². The summed E-state index contributed by atoms with van der Waals surface area (Å²) in [7, 11) is 3.15. The van der Waals surface area contributed by atoms with Gasteiger partial charge < -0.3 is 9.47 Å². The van der Waals surface area contributed by atoms with Crippen LogP contribution in [0.4, 0.5) is 0 Å². The highest BCUT2D eigenvalue weighted by Gasteiger charge is 2.12. The van der Waals surface area contributed by atoms with E-state index >= 15 is 0 Å². The quantitative estimate of drug-likeness (QED) is 0.262. The molecule has 142 valence electrons. The Morgan fingerprint density at radius 2 is 1.80 bits per heavy atom. The molecule has 0 aromatic carbocycles. The number of rotatable bonds is 14. The van der Waals surface area contributed by atoms with Crippen molar-refractivity contribution in [3.8, 4) is 0 Å². The van der Waals surface area contributed by atoms with E-state index in [4.69, 9.17) is 9.47 Å². The van der Waals surface area contributed by atoms with Gasteiger partial charge in [0.05, 0.1) is 12.0 Å². The van der Waals surface area contributed by atoms with Gasteiger partial charge in [0, 0.05) is 31.4 Å². The summed E-state index contributed by atoms with van der Waals surface area (Å²) in [5.41, 5.74) is 0. The van der Waals surface area contributed by atoms with E-state index in [9.17, 15) is 9.59 Å². The van der Waals surface area contributed by atoms with Gasteiger partial charge in [-0.1, -0.05) is 26.2 Å². The first-order valence-corrected chi connectivity index (χ1v) is 10.1. The highest BCUT2D eigenvalue weighted by atomic mass is 32.1. The average Bonchev–Trinajstić information content (AvgIpc) is 3.08. The Morgan fingerprint density at radius 3 is 2.52 bits per heavy atom. The zero-order valence-electron chi connectivity index (χ0n) is 15.8. The van der Waals surface area contributed by atoms with Gasteiger partial charge in [-0.3, -0.25) is 9.59 Å². The first-order chi connectivity index (χ1) is 12.1. The minimum absolute atomic E-state index is 0.156. The fourth-order valence-electron chi connectivity index (χ4n) is 2.71. The second-order valence-electron chi connectivity index (χ2n) is 6.62. The van der Waals surface area contributed by atoms with E-state index in [1.807, 2.05) is 12.1 Å². The van der Waals surface area contributed by atoms with Gasteiger partial charge in [0.2, 0.25) is 0 Å². The van der Waals surface area contributed by atoms with Crippen LogP contribution in [0.2, 0.25) is 0 Å². The molecule has 0 fully saturated rings. The summed E-state index contributed by atoms with van der Waals surface area (Å²) >= 11 is 1.60. The van der Waals surface area contributed by atoms with Crippen LogP contribution >= 0.6 is 11.3 Å². The van der Waals surface area contributed by atoms with Crippen LogP contribution in [0.1, 0.15) is 72.8 Å². The number of hydrogen-bond donors (Lipinski definition) is 0. The summed E-state index contributed by atoms with van der Waals surface area (Å²) in [5.74, 6) is 0.402. The van der Waals surface area contributed by atoms with E-state index in [1.54, 1.807) is 18.4 Å². The third kappa shape index (κ3) is 9.75. The number of carbonyl (C=O) groups excluding carboxylic acids is 2. The molecule has 0 aliphatic heterocycles. The number of methoxy groups -OCH3 is 2. The van der Waals surface area contributed by atoms with Crippen molar-refractivity contribution in [2.45, 2.75) is 64.7 Å². The van der Waals surface area contributed by atoms with Crippen LogP contribution in [0, 0.1) is 5.92 Å². The number of ketones is 1. The second-order valence-corrected chi connectivity index (χ2v) is 7.79. The molecule has 0 radical (unpaired) electrons. The Labute approximate surface area is 155 Å². The summed E-state index contributed by atoms with van der Waals surface area (Å²) in [6.07, 6.45) is 8.47. The van der Waals surface area contributed by atoms with Crippen LogP contribution in [0.25, 0.3) is 0 Å². The number of hydrogen-bond acceptors (Lipinski definition) is 5. The molecule has 1 rings (SSSR count). The molecule has 1 aromatic rings. The Bertz CT molecular complexity index is 510. The van der Waals surface area contributed by atoms with Crippen LogP contribution in [0.3, 0.4) is 0 Å². The number of Topliss-reactive ketones (excluding diaryl/α,β-unsaturated/α-hetero) is 1. The first-order valence-electron chi connectivity index (χ1n) is 9.24. The molecule has 0 aliphatic rings. The number of ether oxygens (including phenoxy) is 2. The predicted octanol–water partition coefficient (Wildman–Crippen LogP) is 5.05. The van der Waals surface area contributed by atoms with E-state index in [0.717, 1.165) is 43.6 Å². The van der Waals surface area contributed by atoms with E-state index in [1.165, 1.54) is 24.8 Å². The van der Waals surface area contributed by atoms with Crippen LogP contribution in [-0.2, 0) is 20.7 Å². The van der Waals surface area contributed by atoms with Crippen molar-refractivity contribution in [2.75, 3.05) is 20.8 Å². The van der Waals surface area contributed by atoms with Crippen molar-refractivity contribution < 1.29 is 19.1 Å². The Morgan fingerprint density at radius 1 is 1.08 bits per heavy atom. The molecule has 0 spiro atoms. The summed E-state index contributed by atoms with van der Waals surface area (Å²) in [4.78, 5) is 25.6. The lowest BCUT2D eigenvalue weighted by Gasteiger charge is -2.08. The van der Waals surface area contributed by atoms with Crippen LogP contribution in [0.5, 0.6) is 0 Å². The molecule has 4 nitrogen and oxygen atoms in total. The van der Waals surface area contributed by atoms with Crippen molar-refractivity contribution in [1.29, 1.82) is 0 Å². The normalized spacial score (nSPS) is 12.1. The third-order valence-corrected chi connectivity index (χ3v) is 5.50. The fraction of sp³-hybridized carbons (Fsp3) is 0.700. The summed E-state index contributed by atoms with van der Waals surface area (Å²) in [5, 5.41) is 0. The standard InChI is InChI=1S/C20H32O4S/c1-16(15-20(22)24-3)10-11-17-12-13-19(25-17)18(21)9-7-5-4-6-8-14-23-2/h12-13,16H,4-11,14-15H2,1-3H3/t16-/m0/s1. The average molecular weight is 369 g/mol. The Balaban J connectivity index is 2.22. The summed E-state index contributed by atoms with van der Waals surface area (Å²) in [6.45, 7) is 2.89. The molecule has 0 saturated carbocycles. The topological polar surface area (TPSA) is 52.6 Å². The van der Waals surface area contributed by atoms with Crippen molar-refractivity contribution in [3.63, 3.8) is 0 Å². The lowest BCUT2D eigenvalue weighted by molar-refractivity contribution is -0.141. The molecule has 25 heavy (non-hydrogen) atoms. The van der Waals surface area contributed by atoms with Crippen molar-refractivity contribution >= 4 is 23.1 Å². The highest BCUT2D eigenvalue weighted by molar-refractivity contribution is 7.14. The van der Waals surface area contributed by atoms with Gasteiger partial charge in [-0.15, -0.1) is 11.3 Å². The molecule has 1 heterocycles. The summed E-state index contributed by atoms with van der Waals surface area (Å²) in [6, 6.07) is 4.00. The van der Waals surface area contributed by atoms with Crippen molar-refractivity contribution in [3.05, 3.63) is 21.9 Å². The maximum absolute atomic E-state index is 12.2. The van der Waals surface area contributed by atoms with Gasteiger partial charge in [-0.25, -0.2) is 0 Å². The van der Waals surface area contributed by atoms with E-state index < -0.39 is 0 Å². The molecule has 0 N–H and O–H groups in total. The summed E-state index contributed by atoms with van der Waals surface area (Å²) < 4.78 is 9.73. The molecule has 1 aromatic heterocycles. The molecule has 1 atom stereocenters. The molecule has 5 heteroatoms. The monoisotopic (exact) mass is 368 g/mol. The van der Waals surface area contributed by atoms with E-state index in [0.29, 0.717) is 18.8 Å². The van der Waals surface area contributed by atoms with Gasteiger partial charge >= 0.3 is 5.97 Å². The maximum atomic E-state index is 12.2. The Kier molecular flexibility index (Phi) is 11.4. The van der Waals surface area contributed by atoms with Crippen molar-refractivity contribution in [2.24, 2.45) is 5.92 Å². The number of unbranched alkanes of at least 4 members (excludes halogenated alkanes) is 4. The SMILES string of the molecule is COCCCCCCCC(=O)c1ccc(CC[C@H](C)CC(=O)OC)s1. The smallest absolute Gasteiger partial charge is 0.305 e. The molecule has 0 bridgehead atoms. The highest BCUT2D eigenvalue weighted by Crippen LogP contribution is 2.23. The first kappa shape index (κ1) is 21.8. The zero-order valence-corrected chi connectivity index (χ0v) is 16.7. The fourth-order valence-corrected chi connectivity index (χ4v) is 3.70. The van der Waals surface area contributed by atoms with Crippen LogP contribution in [-0.4, -0.2) is 32.6 Å². The molecule has 0 aliphatic carbocycles. The van der Waals surface area contributed by atoms with Crippen LogP contribution in [0.15, 0.2) is 12.1 Å². The lowest BCUT2D eigenvalue weighted by Crippen LogP contribution is -2.07.